The van der Waals surface area contributed by atoms with Gasteiger partial charge >= 0.3 is 6.18 Å². The van der Waals surface area contributed by atoms with Gasteiger partial charge in [-0.25, -0.2) is 0 Å². The molecular weight excluding hydrogens is 253 g/mol. The van der Waals surface area contributed by atoms with Crippen LogP contribution in [-0.4, -0.2) is 5.11 Å². The van der Waals surface area contributed by atoms with E-state index >= 15 is 0 Å². The molecule has 0 aromatic heterocycles. The molecule has 0 aliphatic rings. The molecule has 1 N–H and O–H groups in total. The molecule has 19 heavy (non-hydrogen) atoms. The summed E-state index contributed by atoms with van der Waals surface area (Å²) in [6.45, 7) is 1.76. The molecule has 4 heteroatoms. The van der Waals surface area contributed by atoms with Crippen molar-refractivity contribution in [1.82, 2.24) is 0 Å². The minimum atomic E-state index is -4.32. The van der Waals surface area contributed by atoms with Gasteiger partial charge in [-0.3, -0.25) is 0 Å². The Labute approximate surface area is 109 Å². The Hall–Kier alpha value is -1.81. The van der Waals surface area contributed by atoms with E-state index in [0.717, 1.165) is 28.8 Å². The third-order valence-corrected chi connectivity index (χ3v) is 3.14. The van der Waals surface area contributed by atoms with Crippen LogP contribution in [0.25, 0.3) is 11.1 Å². The summed E-state index contributed by atoms with van der Waals surface area (Å²) in [5.74, 6) is 0. The largest absolute Gasteiger partial charge is 0.416 e. The van der Waals surface area contributed by atoms with E-state index in [0.29, 0.717) is 5.56 Å². The minimum absolute atomic E-state index is 0.0830. The smallest absolute Gasteiger partial charge is 0.392 e. The van der Waals surface area contributed by atoms with Gasteiger partial charge in [0.15, 0.2) is 0 Å². The zero-order valence-corrected chi connectivity index (χ0v) is 10.3. The number of halogens is 3. The molecule has 0 aliphatic heterocycles. The molecule has 0 radical (unpaired) electrons. The van der Waals surface area contributed by atoms with Crippen molar-refractivity contribution in [3.63, 3.8) is 0 Å². The second-order valence-corrected chi connectivity index (χ2v) is 4.32. The minimum Gasteiger partial charge on any atom is -0.392 e. The first-order valence-electron chi connectivity index (χ1n) is 5.80. The average molecular weight is 266 g/mol. The third-order valence-electron chi connectivity index (χ3n) is 3.14. The highest BCUT2D eigenvalue weighted by Gasteiger charge is 2.29. The maximum absolute atomic E-state index is 12.5. The van der Waals surface area contributed by atoms with Crippen LogP contribution in [0.1, 0.15) is 16.7 Å². The zero-order valence-electron chi connectivity index (χ0n) is 10.3. The van der Waals surface area contributed by atoms with E-state index in [1.54, 1.807) is 12.1 Å². The molecular formula is C15H13F3O. The van der Waals surface area contributed by atoms with Gasteiger partial charge < -0.3 is 5.11 Å². The summed E-state index contributed by atoms with van der Waals surface area (Å²) in [5, 5.41) is 9.19. The number of aliphatic hydroxyl groups excluding tert-OH is 1. The van der Waals surface area contributed by atoms with Gasteiger partial charge in [-0.2, -0.15) is 13.2 Å². The van der Waals surface area contributed by atoms with Crippen LogP contribution in [0, 0.1) is 6.92 Å². The van der Waals surface area contributed by atoms with Gasteiger partial charge in [-0.1, -0.05) is 30.3 Å². The van der Waals surface area contributed by atoms with Gasteiger partial charge in [0.2, 0.25) is 0 Å². The second kappa shape index (κ2) is 5.05. The van der Waals surface area contributed by atoms with Crippen LogP contribution in [0.5, 0.6) is 0 Å². The lowest BCUT2D eigenvalue weighted by Crippen LogP contribution is -2.04. The molecule has 0 aliphatic carbocycles. The molecule has 1 nitrogen and oxygen atoms in total. The van der Waals surface area contributed by atoms with Crippen molar-refractivity contribution in [2.75, 3.05) is 0 Å². The van der Waals surface area contributed by atoms with Crippen molar-refractivity contribution in [3.8, 4) is 11.1 Å². The maximum atomic E-state index is 12.5. The lowest BCUT2D eigenvalue weighted by molar-refractivity contribution is -0.137. The third kappa shape index (κ3) is 2.79. The summed E-state index contributed by atoms with van der Waals surface area (Å²) >= 11 is 0. The van der Waals surface area contributed by atoms with Crippen molar-refractivity contribution in [2.24, 2.45) is 0 Å². The molecule has 0 fully saturated rings. The maximum Gasteiger partial charge on any atom is 0.416 e. The van der Waals surface area contributed by atoms with E-state index in [4.69, 9.17) is 0 Å². The van der Waals surface area contributed by atoms with Gasteiger partial charge in [0, 0.05) is 0 Å². The molecule has 2 rings (SSSR count). The van der Waals surface area contributed by atoms with Crippen molar-refractivity contribution >= 4 is 0 Å². The van der Waals surface area contributed by atoms with E-state index in [1.807, 2.05) is 13.0 Å². The molecule has 0 saturated carbocycles. The van der Waals surface area contributed by atoms with Gasteiger partial charge in [0.25, 0.3) is 0 Å². The molecule has 0 spiro atoms. The Morgan fingerprint density at radius 2 is 1.63 bits per heavy atom. The van der Waals surface area contributed by atoms with Crippen molar-refractivity contribution in [2.45, 2.75) is 19.7 Å². The van der Waals surface area contributed by atoms with Crippen LogP contribution < -0.4 is 0 Å². The molecule has 100 valence electrons. The number of hydrogen-bond donors (Lipinski definition) is 1. The first-order chi connectivity index (χ1) is 8.93. The Morgan fingerprint density at radius 3 is 2.16 bits per heavy atom. The standard InChI is InChI=1S/C15H13F3O/c1-10-12(9-19)3-2-4-14(10)11-5-7-13(8-6-11)15(16,17)18/h2-8,19H,9H2,1H3. The topological polar surface area (TPSA) is 20.2 Å². The number of benzene rings is 2. The lowest BCUT2D eigenvalue weighted by atomic mass is 9.96. The SMILES string of the molecule is Cc1c(CO)cccc1-c1ccc(C(F)(F)F)cc1. The van der Waals surface area contributed by atoms with Crippen LogP contribution >= 0.6 is 0 Å². The highest BCUT2D eigenvalue weighted by molar-refractivity contribution is 5.68. The van der Waals surface area contributed by atoms with Gasteiger partial charge in [-0.05, 0) is 41.3 Å². The van der Waals surface area contributed by atoms with Crippen LogP contribution in [0.3, 0.4) is 0 Å². The summed E-state index contributed by atoms with van der Waals surface area (Å²) < 4.78 is 37.5. The van der Waals surface area contributed by atoms with E-state index in [9.17, 15) is 18.3 Å². The number of alkyl halides is 3. The van der Waals surface area contributed by atoms with Gasteiger partial charge in [0.05, 0.1) is 12.2 Å². The van der Waals surface area contributed by atoms with E-state index in [-0.39, 0.29) is 6.61 Å². The molecule has 2 aromatic rings. The van der Waals surface area contributed by atoms with Crippen LogP contribution in [0.2, 0.25) is 0 Å². The molecule has 0 saturated heterocycles. The fourth-order valence-electron chi connectivity index (χ4n) is 2.01. The molecule has 0 atom stereocenters. The summed E-state index contributed by atoms with van der Waals surface area (Å²) in [7, 11) is 0. The van der Waals surface area contributed by atoms with E-state index in [2.05, 4.69) is 0 Å². The fourth-order valence-corrected chi connectivity index (χ4v) is 2.01. The van der Waals surface area contributed by atoms with Crippen LogP contribution in [-0.2, 0) is 12.8 Å². The Kier molecular flexibility index (Phi) is 3.62. The lowest BCUT2D eigenvalue weighted by Gasteiger charge is -2.11. The Balaban J connectivity index is 2.43. The Bertz CT molecular complexity index is 571. The zero-order chi connectivity index (χ0) is 14.0. The normalized spacial score (nSPS) is 11.6. The number of rotatable bonds is 2. The second-order valence-electron chi connectivity index (χ2n) is 4.32. The van der Waals surface area contributed by atoms with Crippen molar-refractivity contribution in [1.29, 1.82) is 0 Å². The molecule has 0 amide bonds. The van der Waals surface area contributed by atoms with Crippen LogP contribution in [0.15, 0.2) is 42.5 Å². The van der Waals surface area contributed by atoms with Crippen LogP contribution in [0.4, 0.5) is 13.2 Å². The van der Waals surface area contributed by atoms with Gasteiger partial charge in [-0.15, -0.1) is 0 Å². The highest BCUT2D eigenvalue weighted by Crippen LogP contribution is 2.32. The average Bonchev–Trinajstić information content (AvgIpc) is 2.38. The first-order valence-corrected chi connectivity index (χ1v) is 5.80. The monoisotopic (exact) mass is 266 g/mol. The summed E-state index contributed by atoms with van der Waals surface area (Å²) in [6.07, 6.45) is -4.32. The van der Waals surface area contributed by atoms with Gasteiger partial charge in [0.1, 0.15) is 0 Å². The summed E-state index contributed by atoms with van der Waals surface area (Å²) in [4.78, 5) is 0. The summed E-state index contributed by atoms with van der Waals surface area (Å²) in [5.41, 5.74) is 2.54. The predicted molar refractivity (Wildman–Crippen MR) is 67.5 cm³/mol. The molecule has 0 unspecified atom stereocenters. The molecule has 0 bridgehead atoms. The highest BCUT2D eigenvalue weighted by atomic mass is 19.4. The number of hydrogen-bond acceptors (Lipinski definition) is 1. The predicted octanol–water partition coefficient (Wildman–Crippen LogP) is 4.17. The molecule has 2 aromatic carbocycles. The van der Waals surface area contributed by atoms with E-state index < -0.39 is 11.7 Å². The fraction of sp³-hybridized carbons (Fsp3) is 0.200. The van der Waals surface area contributed by atoms with Crippen molar-refractivity contribution in [3.05, 3.63) is 59.2 Å². The quantitative estimate of drug-likeness (QED) is 0.864. The Morgan fingerprint density at radius 1 is 1.00 bits per heavy atom. The van der Waals surface area contributed by atoms with Crippen molar-refractivity contribution < 1.29 is 18.3 Å². The number of aliphatic hydroxyl groups is 1. The summed E-state index contributed by atoms with van der Waals surface area (Å²) in [6, 6.07) is 10.4. The van der Waals surface area contributed by atoms with E-state index in [1.165, 1.54) is 12.1 Å². The first kappa shape index (κ1) is 13.6. The molecule has 0 heterocycles.